The van der Waals surface area contributed by atoms with Crippen molar-refractivity contribution in [2.45, 2.75) is 26.2 Å². The molecule has 1 saturated heterocycles. The molecule has 0 aromatic heterocycles. The Morgan fingerprint density at radius 3 is 2.30 bits per heavy atom. The first-order valence-electron chi connectivity index (χ1n) is 10.6. The SMILES string of the molecule is COCCOCCOCCNC(=O)/C(C#N)=C(\C)c1ccc(N2CCCCC2)cc1. The summed E-state index contributed by atoms with van der Waals surface area (Å²) in [7, 11) is 1.62. The number of nitrogens with zero attached hydrogens (tertiary/aromatic N) is 2. The van der Waals surface area contributed by atoms with Crippen LogP contribution in [0.2, 0.25) is 0 Å². The van der Waals surface area contributed by atoms with Crippen LogP contribution in [-0.4, -0.2) is 65.7 Å². The van der Waals surface area contributed by atoms with E-state index in [9.17, 15) is 10.1 Å². The van der Waals surface area contributed by atoms with E-state index in [0.717, 1.165) is 18.7 Å². The van der Waals surface area contributed by atoms with E-state index >= 15 is 0 Å². The number of ether oxygens (including phenoxy) is 3. The third-order valence-corrected chi connectivity index (χ3v) is 5.07. The van der Waals surface area contributed by atoms with Crippen molar-refractivity contribution in [3.8, 4) is 6.07 Å². The molecule has 0 aliphatic carbocycles. The first-order valence-corrected chi connectivity index (χ1v) is 10.6. The molecular weight excluding hydrogens is 382 g/mol. The smallest absolute Gasteiger partial charge is 0.262 e. The molecule has 1 aromatic rings. The predicted molar refractivity (Wildman–Crippen MR) is 117 cm³/mol. The fourth-order valence-electron chi connectivity index (χ4n) is 3.31. The van der Waals surface area contributed by atoms with E-state index in [2.05, 4.69) is 22.3 Å². The zero-order chi connectivity index (χ0) is 21.6. The summed E-state index contributed by atoms with van der Waals surface area (Å²) in [6.45, 7) is 6.69. The quantitative estimate of drug-likeness (QED) is 0.321. The summed E-state index contributed by atoms with van der Waals surface area (Å²) in [5.41, 5.74) is 2.88. The van der Waals surface area contributed by atoms with Crippen molar-refractivity contribution in [3.63, 3.8) is 0 Å². The Morgan fingerprint density at radius 2 is 1.67 bits per heavy atom. The number of carbonyl (C=O) groups excluding carboxylic acids is 1. The van der Waals surface area contributed by atoms with Crippen LogP contribution in [0, 0.1) is 11.3 Å². The topological polar surface area (TPSA) is 83.8 Å². The third kappa shape index (κ3) is 7.79. The van der Waals surface area contributed by atoms with E-state index in [-0.39, 0.29) is 11.5 Å². The zero-order valence-electron chi connectivity index (χ0n) is 18.1. The lowest BCUT2D eigenvalue weighted by molar-refractivity contribution is -0.117. The summed E-state index contributed by atoms with van der Waals surface area (Å²) in [4.78, 5) is 14.8. The van der Waals surface area contributed by atoms with Gasteiger partial charge in [0.15, 0.2) is 0 Å². The van der Waals surface area contributed by atoms with Gasteiger partial charge < -0.3 is 24.4 Å². The lowest BCUT2D eigenvalue weighted by Crippen LogP contribution is -2.29. The van der Waals surface area contributed by atoms with Crippen LogP contribution in [-0.2, 0) is 19.0 Å². The summed E-state index contributed by atoms with van der Waals surface area (Å²) in [5.74, 6) is -0.380. The number of benzene rings is 1. The van der Waals surface area contributed by atoms with Gasteiger partial charge in [0.2, 0.25) is 0 Å². The molecule has 30 heavy (non-hydrogen) atoms. The Labute approximate surface area is 179 Å². The van der Waals surface area contributed by atoms with E-state index in [0.29, 0.717) is 45.2 Å². The van der Waals surface area contributed by atoms with Crippen molar-refractivity contribution in [3.05, 3.63) is 35.4 Å². The first kappa shape index (κ1) is 23.9. The fourth-order valence-corrected chi connectivity index (χ4v) is 3.31. The summed E-state index contributed by atoms with van der Waals surface area (Å²) in [6, 6.07) is 10.1. The van der Waals surface area contributed by atoms with Crippen LogP contribution >= 0.6 is 0 Å². The number of methoxy groups -OCH3 is 1. The predicted octanol–water partition coefficient (Wildman–Crippen LogP) is 2.77. The van der Waals surface area contributed by atoms with Gasteiger partial charge in [-0.15, -0.1) is 0 Å². The number of rotatable bonds is 12. The molecule has 1 amide bonds. The minimum Gasteiger partial charge on any atom is -0.382 e. The van der Waals surface area contributed by atoms with Gasteiger partial charge in [0.1, 0.15) is 11.6 Å². The monoisotopic (exact) mass is 415 g/mol. The Hall–Kier alpha value is -2.40. The highest BCUT2D eigenvalue weighted by atomic mass is 16.5. The Bertz CT molecular complexity index is 719. The second-order valence-corrected chi connectivity index (χ2v) is 7.18. The van der Waals surface area contributed by atoms with Crippen LogP contribution in [0.1, 0.15) is 31.7 Å². The first-order chi connectivity index (χ1) is 14.7. The molecule has 2 rings (SSSR count). The molecule has 1 aromatic carbocycles. The minimum absolute atomic E-state index is 0.128. The highest BCUT2D eigenvalue weighted by Gasteiger charge is 2.15. The van der Waals surface area contributed by atoms with Crippen molar-refractivity contribution in [1.82, 2.24) is 5.32 Å². The molecule has 1 N–H and O–H groups in total. The Kier molecular flexibility index (Phi) is 10.9. The third-order valence-electron chi connectivity index (χ3n) is 5.07. The maximum atomic E-state index is 12.4. The second-order valence-electron chi connectivity index (χ2n) is 7.18. The highest BCUT2D eigenvalue weighted by molar-refractivity contribution is 6.04. The number of hydrogen-bond donors (Lipinski definition) is 1. The average molecular weight is 416 g/mol. The molecule has 1 fully saturated rings. The van der Waals surface area contributed by atoms with Crippen LogP contribution < -0.4 is 10.2 Å². The van der Waals surface area contributed by atoms with E-state index < -0.39 is 0 Å². The van der Waals surface area contributed by atoms with Gasteiger partial charge in [-0.05, 0) is 49.5 Å². The summed E-state index contributed by atoms with van der Waals surface area (Å²) >= 11 is 0. The zero-order valence-corrected chi connectivity index (χ0v) is 18.1. The van der Waals surface area contributed by atoms with Crippen molar-refractivity contribution >= 4 is 17.2 Å². The number of piperidine rings is 1. The molecule has 1 heterocycles. The van der Waals surface area contributed by atoms with E-state index in [4.69, 9.17) is 14.2 Å². The van der Waals surface area contributed by atoms with Crippen LogP contribution in [0.4, 0.5) is 5.69 Å². The normalized spacial score (nSPS) is 14.8. The van der Waals surface area contributed by atoms with Crippen LogP contribution in [0.15, 0.2) is 29.8 Å². The number of allylic oxidation sites excluding steroid dienone is 1. The average Bonchev–Trinajstić information content (AvgIpc) is 2.79. The largest absolute Gasteiger partial charge is 0.382 e. The van der Waals surface area contributed by atoms with Gasteiger partial charge in [0.25, 0.3) is 5.91 Å². The minimum atomic E-state index is -0.380. The number of carbonyl (C=O) groups is 1. The van der Waals surface area contributed by atoms with Gasteiger partial charge in [-0.1, -0.05) is 12.1 Å². The molecule has 0 unspecified atom stereocenters. The molecule has 1 aliphatic rings. The molecule has 7 nitrogen and oxygen atoms in total. The van der Waals surface area contributed by atoms with Gasteiger partial charge in [-0.3, -0.25) is 4.79 Å². The van der Waals surface area contributed by atoms with Crippen LogP contribution in [0.3, 0.4) is 0 Å². The van der Waals surface area contributed by atoms with Gasteiger partial charge in [0.05, 0.1) is 33.0 Å². The van der Waals surface area contributed by atoms with Gasteiger partial charge in [-0.2, -0.15) is 5.26 Å². The lowest BCUT2D eigenvalue weighted by Gasteiger charge is -2.28. The second kappa shape index (κ2) is 13.8. The van der Waals surface area contributed by atoms with Crippen molar-refractivity contribution < 1.29 is 19.0 Å². The molecule has 0 saturated carbocycles. The maximum absolute atomic E-state index is 12.4. The highest BCUT2D eigenvalue weighted by Crippen LogP contribution is 2.24. The molecule has 164 valence electrons. The standard InChI is InChI=1S/C23H33N3O4/c1-19(20-6-8-21(9-7-20)26-11-4-3-5-12-26)22(18-24)23(27)25-10-13-29-16-17-30-15-14-28-2/h6-9H,3-5,10-17H2,1-2H3,(H,25,27)/b22-19+. The van der Waals surface area contributed by atoms with Crippen molar-refractivity contribution in [2.24, 2.45) is 0 Å². The molecule has 0 bridgehead atoms. The van der Waals surface area contributed by atoms with Gasteiger partial charge in [-0.25, -0.2) is 0 Å². The van der Waals surface area contributed by atoms with Gasteiger partial charge >= 0.3 is 0 Å². The Balaban J connectivity index is 1.81. The number of hydrogen-bond acceptors (Lipinski definition) is 6. The number of nitriles is 1. The molecular formula is C23H33N3O4. The summed E-state index contributed by atoms with van der Waals surface area (Å²) in [6.07, 6.45) is 3.75. The number of anilines is 1. The van der Waals surface area contributed by atoms with Crippen molar-refractivity contribution in [2.75, 3.05) is 64.7 Å². The summed E-state index contributed by atoms with van der Waals surface area (Å²) < 4.78 is 15.6. The van der Waals surface area contributed by atoms with E-state index in [1.165, 1.54) is 24.9 Å². The summed E-state index contributed by atoms with van der Waals surface area (Å²) in [5, 5.41) is 12.2. The van der Waals surface area contributed by atoms with Gasteiger partial charge in [0, 0.05) is 32.4 Å². The van der Waals surface area contributed by atoms with Crippen LogP contribution in [0.25, 0.3) is 5.57 Å². The lowest BCUT2D eigenvalue weighted by atomic mass is 10.0. The molecule has 1 aliphatic heterocycles. The van der Waals surface area contributed by atoms with E-state index in [1.807, 2.05) is 25.1 Å². The maximum Gasteiger partial charge on any atom is 0.262 e. The number of nitrogens with one attached hydrogen (secondary N) is 1. The fraction of sp³-hybridized carbons (Fsp3) is 0.565. The molecule has 0 atom stereocenters. The van der Waals surface area contributed by atoms with Crippen molar-refractivity contribution in [1.29, 1.82) is 5.26 Å². The molecule has 7 heteroatoms. The molecule has 0 spiro atoms. The molecule has 0 radical (unpaired) electrons. The number of amides is 1. The van der Waals surface area contributed by atoms with E-state index in [1.54, 1.807) is 7.11 Å². The Morgan fingerprint density at radius 1 is 1.03 bits per heavy atom. The van der Waals surface area contributed by atoms with Crippen LogP contribution in [0.5, 0.6) is 0 Å².